The molecule has 0 radical (unpaired) electrons. The summed E-state index contributed by atoms with van der Waals surface area (Å²) in [7, 11) is 1.69. The summed E-state index contributed by atoms with van der Waals surface area (Å²) in [4.78, 5) is 4.75. The van der Waals surface area contributed by atoms with Crippen molar-refractivity contribution in [2.24, 2.45) is 0 Å². The monoisotopic (exact) mass is 418 g/mol. The Balaban J connectivity index is 1.52. The van der Waals surface area contributed by atoms with Crippen molar-refractivity contribution in [3.63, 3.8) is 0 Å². The molecule has 0 aliphatic rings. The molecule has 32 heavy (non-hydrogen) atoms. The molecule has 3 aromatic carbocycles. The zero-order valence-corrected chi connectivity index (χ0v) is 18.2. The molecular formula is C29H26N2O. The van der Waals surface area contributed by atoms with Crippen LogP contribution in [0.25, 0.3) is 34.0 Å². The Labute approximate surface area is 188 Å². The van der Waals surface area contributed by atoms with Gasteiger partial charge in [0.15, 0.2) is 0 Å². The van der Waals surface area contributed by atoms with Gasteiger partial charge in [-0.25, -0.2) is 0 Å². The number of para-hydroxylation sites is 1. The molecule has 0 saturated heterocycles. The number of benzene rings is 3. The molecule has 5 aromatic rings. The van der Waals surface area contributed by atoms with E-state index in [0.717, 1.165) is 36.4 Å². The highest BCUT2D eigenvalue weighted by molar-refractivity contribution is 6.10. The number of pyridine rings is 1. The molecule has 158 valence electrons. The second-order valence-corrected chi connectivity index (χ2v) is 7.96. The highest BCUT2D eigenvalue weighted by Crippen LogP contribution is 2.31. The van der Waals surface area contributed by atoms with Crippen molar-refractivity contribution in [3.05, 3.63) is 108 Å². The fraction of sp³-hybridized carbons (Fsp3) is 0.138. The average molecular weight is 419 g/mol. The quantitative estimate of drug-likeness (QED) is 0.284. The lowest BCUT2D eigenvalue weighted by atomic mass is 10.1. The molecule has 0 fully saturated rings. The van der Waals surface area contributed by atoms with Crippen molar-refractivity contribution in [2.45, 2.75) is 19.4 Å². The summed E-state index contributed by atoms with van der Waals surface area (Å²) in [6, 6.07) is 29.6. The first-order valence-electron chi connectivity index (χ1n) is 11.1. The first-order valence-corrected chi connectivity index (χ1v) is 11.1. The number of methoxy groups -OCH3 is 1. The van der Waals surface area contributed by atoms with Gasteiger partial charge in [-0.1, -0.05) is 66.7 Å². The molecule has 0 spiro atoms. The van der Waals surface area contributed by atoms with Crippen molar-refractivity contribution in [3.8, 4) is 5.75 Å². The first kappa shape index (κ1) is 20.1. The van der Waals surface area contributed by atoms with Gasteiger partial charge in [0.2, 0.25) is 0 Å². The molecule has 5 rings (SSSR count). The minimum Gasteiger partial charge on any atom is -0.497 e. The molecule has 0 aliphatic heterocycles. The number of hydrogen-bond acceptors (Lipinski definition) is 2. The average Bonchev–Trinajstić information content (AvgIpc) is 3.18. The summed E-state index contributed by atoms with van der Waals surface area (Å²) in [6.07, 6.45) is 8.29. The normalized spacial score (nSPS) is 11.5. The molecule has 0 aliphatic carbocycles. The number of aryl methyl sites for hydroxylation is 2. The predicted molar refractivity (Wildman–Crippen MR) is 134 cm³/mol. The second kappa shape index (κ2) is 9.11. The Bertz CT molecular complexity index is 1370. The molecule has 0 atom stereocenters. The number of fused-ring (bicyclic) bond motifs is 3. The third kappa shape index (κ3) is 4.02. The Kier molecular flexibility index (Phi) is 5.71. The van der Waals surface area contributed by atoms with Crippen LogP contribution in [0.1, 0.15) is 23.2 Å². The molecule has 2 aromatic heterocycles. The molecule has 2 heterocycles. The Morgan fingerprint density at radius 3 is 2.41 bits per heavy atom. The van der Waals surface area contributed by atoms with Crippen LogP contribution in [0.5, 0.6) is 5.75 Å². The van der Waals surface area contributed by atoms with E-state index >= 15 is 0 Å². The number of ether oxygens (including phenoxy) is 1. The maximum absolute atomic E-state index is 5.27. The largest absolute Gasteiger partial charge is 0.497 e. The van der Waals surface area contributed by atoms with Crippen LogP contribution in [-0.4, -0.2) is 16.7 Å². The zero-order chi connectivity index (χ0) is 21.8. The van der Waals surface area contributed by atoms with Crippen LogP contribution in [0.15, 0.2) is 91.1 Å². The second-order valence-electron chi connectivity index (χ2n) is 7.96. The van der Waals surface area contributed by atoms with Crippen molar-refractivity contribution in [2.75, 3.05) is 7.11 Å². The Hall–Kier alpha value is -3.85. The van der Waals surface area contributed by atoms with Crippen LogP contribution in [-0.2, 0) is 13.0 Å². The van der Waals surface area contributed by atoms with E-state index in [1.165, 1.54) is 27.4 Å². The minimum atomic E-state index is 0.862. The summed E-state index contributed by atoms with van der Waals surface area (Å²) < 4.78 is 7.71. The molecule has 0 unspecified atom stereocenters. The van der Waals surface area contributed by atoms with Crippen molar-refractivity contribution >= 4 is 34.0 Å². The molecule has 0 N–H and O–H groups in total. The van der Waals surface area contributed by atoms with Crippen molar-refractivity contribution in [1.29, 1.82) is 0 Å². The van der Waals surface area contributed by atoms with Gasteiger partial charge in [-0.2, -0.15) is 0 Å². The van der Waals surface area contributed by atoms with Crippen LogP contribution in [0.3, 0.4) is 0 Å². The van der Waals surface area contributed by atoms with E-state index in [1.807, 2.05) is 18.3 Å². The van der Waals surface area contributed by atoms with E-state index in [4.69, 9.17) is 9.72 Å². The highest BCUT2D eigenvalue weighted by Gasteiger charge is 2.13. The number of rotatable bonds is 7. The van der Waals surface area contributed by atoms with Gasteiger partial charge in [0.05, 0.1) is 18.3 Å². The van der Waals surface area contributed by atoms with E-state index in [-0.39, 0.29) is 0 Å². The first-order chi connectivity index (χ1) is 15.8. The van der Waals surface area contributed by atoms with Gasteiger partial charge >= 0.3 is 0 Å². The molecule has 3 nitrogen and oxygen atoms in total. The highest BCUT2D eigenvalue weighted by atomic mass is 16.5. The Morgan fingerprint density at radius 1 is 0.812 bits per heavy atom. The van der Waals surface area contributed by atoms with Gasteiger partial charge in [-0.05, 0) is 54.3 Å². The maximum atomic E-state index is 5.27. The fourth-order valence-electron chi connectivity index (χ4n) is 4.36. The summed E-state index contributed by atoms with van der Waals surface area (Å²) in [5.41, 5.74) is 5.96. The lowest BCUT2D eigenvalue weighted by Gasteiger charge is -2.09. The summed E-state index contributed by atoms with van der Waals surface area (Å²) in [5.74, 6) is 0.862. The predicted octanol–water partition coefficient (Wildman–Crippen LogP) is 7.00. The number of nitrogens with zero attached hydrogens (tertiary/aromatic N) is 2. The van der Waals surface area contributed by atoms with Gasteiger partial charge < -0.3 is 9.30 Å². The van der Waals surface area contributed by atoms with E-state index in [9.17, 15) is 0 Å². The van der Waals surface area contributed by atoms with Crippen LogP contribution in [0.2, 0.25) is 0 Å². The zero-order valence-electron chi connectivity index (χ0n) is 18.2. The van der Waals surface area contributed by atoms with Gasteiger partial charge in [-0.3, -0.25) is 4.98 Å². The molecule has 3 heteroatoms. The summed E-state index contributed by atoms with van der Waals surface area (Å²) in [5, 5.41) is 2.54. The van der Waals surface area contributed by atoms with Gasteiger partial charge in [0.1, 0.15) is 5.75 Å². The van der Waals surface area contributed by atoms with Crippen molar-refractivity contribution < 1.29 is 4.74 Å². The van der Waals surface area contributed by atoms with E-state index in [0.29, 0.717) is 0 Å². The molecule has 0 amide bonds. The third-order valence-electron chi connectivity index (χ3n) is 5.95. The SMILES string of the molecule is COc1ccc(/C=C/c2nccc3c4ccccc4n(CCCc4ccccc4)c23)cc1. The standard InChI is InChI=1S/C29H26N2O/c1-32-24-16-13-23(14-17-24)15-18-27-29-26(19-20-30-27)25-11-5-6-12-28(25)31(29)21-7-10-22-8-3-2-4-9-22/h2-6,8-9,11-20H,7,10,21H2,1H3/b18-15+. The molecular weight excluding hydrogens is 392 g/mol. The van der Waals surface area contributed by atoms with E-state index in [2.05, 4.69) is 89.5 Å². The van der Waals surface area contributed by atoms with Gasteiger partial charge in [0, 0.05) is 29.0 Å². The summed E-state index contributed by atoms with van der Waals surface area (Å²) in [6.45, 7) is 0.952. The van der Waals surface area contributed by atoms with Crippen LogP contribution in [0, 0.1) is 0 Å². The smallest absolute Gasteiger partial charge is 0.118 e. The van der Waals surface area contributed by atoms with Crippen LogP contribution < -0.4 is 4.74 Å². The minimum absolute atomic E-state index is 0.862. The lowest BCUT2D eigenvalue weighted by Crippen LogP contribution is -2.01. The maximum Gasteiger partial charge on any atom is 0.118 e. The van der Waals surface area contributed by atoms with Crippen LogP contribution >= 0.6 is 0 Å². The third-order valence-corrected chi connectivity index (χ3v) is 5.95. The lowest BCUT2D eigenvalue weighted by molar-refractivity contribution is 0.415. The van der Waals surface area contributed by atoms with Crippen LogP contribution in [0.4, 0.5) is 0 Å². The van der Waals surface area contributed by atoms with Gasteiger partial charge in [-0.15, -0.1) is 0 Å². The number of aromatic nitrogens is 2. The van der Waals surface area contributed by atoms with E-state index < -0.39 is 0 Å². The summed E-state index contributed by atoms with van der Waals surface area (Å²) >= 11 is 0. The van der Waals surface area contributed by atoms with Gasteiger partial charge in [0.25, 0.3) is 0 Å². The Morgan fingerprint density at radius 2 is 1.59 bits per heavy atom. The molecule has 0 saturated carbocycles. The topological polar surface area (TPSA) is 27.1 Å². The fourth-order valence-corrected chi connectivity index (χ4v) is 4.36. The van der Waals surface area contributed by atoms with E-state index in [1.54, 1.807) is 7.11 Å². The van der Waals surface area contributed by atoms with Crippen molar-refractivity contribution in [1.82, 2.24) is 9.55 Å². The number of hydrogen-bond donors (Lipinski definition) is 0. The molecule has 0 bridgehead atoms.